The molecule has 0 saturated carbocycles. The third kappa shape index (κ3) is 1.55. The highest BCUT2D eigenvalue weighted by molar-refractivity contribution is 5.71. The molecule has 0 unspecified atom stereocenters. The first-order chi connectivity index (χ1) is 5.27. The minimum absolute atomic E-state index is 0.473. The van der Waals surface area contributed by atoms with Gasteiger partial charge >= 0.3 is 0 Å². The number of aldehydes is 1. The van der Waals surface area contributed by atoms with Crippen molar-refractivity contribution < 1.29 is 4.79 Å². The molecule has 0 aliphatic heterocycles. The molecule has 3 nitrogen and oxygen atoms in total. The number of hydrogen-bond donors (Lipinski definition) is 0. The van der Waals surface area contributed by atoms with E-state index in [0.717, 1.165) is 12.0 Å². The van der Waals surface area contributed by atoms with Crippen LogP contribution in [-0.4, -0.2) is 16.1 Å². The molecule has 0 bridgehead atoms. The second-order valence-electron chi connectivity index (χ2n) is 2.26. The van der Waals surface area contributed by atoms with Gasteiger partial charge in [0.2, 0.25) is 0 Å². The van der Waals surface area contributed by atoms with Gasteiger partial charge in [0.25, 0.3) is 0 Å². The van der Waals surface area contributed by atoms with E-state index in [0.29, 0.717) is 5.69 Å². The quantitative estimate of drug-likeness (QED) is 0.599. The summed E-state index contributed by atoms with van der Waals surface area (Å²) >= 11 is 0. The van der Waals surface area contributed by atoms with Gasteiger partial charge in [0.05, 0.1) is 0 Å². The van der Waals surface area contributed by atoms with Crippen molar-refractivity contribution >= 4 is 12.5 Å². The van der Waals surface area contributed by atoms with Gasteiger partial charge in [-0.15, -0.1) is 0 Å². The zero-order chi connectivity index (χ0) is 8.27. The highest BCUT2D eigenvalue weighted by Gasteiger charge is 1.98. The average Bonchev–Trinajstić information content (AvgIpc) is 2.33. The molecule has 0 amide bonds. The van der Waals surface area contributed by atoms with Crippen molar-refractivity contribution in [2.45, 2.75) is 13.8 Å². The molecule has 1 aromatic rings. The van der Waals surface area contributed by atoms with Crippen molar-refractivity contribution in [3.63, 3.8) is 0 Å². The fourth-order valence-corrected chi connectivity index (χ4v) is 0.862. The van der Waals surface area contributed by atoms with Crippen molar-refractivity contribution in [1.29, 1.82) is 0 Å². The fraction of sp³-hybridized carbons (Fsp3) is 0.250. The number of nitrogens with zero attached hydrogens (tertiary/aromatic N) is 2. The molecular formula is C8H10N2O. The Balaban J connectivity index is 3.06. The van der Waals surface area contributed by atoms with Crippen LogP contribution < -0.4 is 0 Å². The Morgan fingerprint density at radius 2 is 2.36 bits per heavy atom. The van der Waals surface area contributed by atoms with E-state index < -0.39 is 0 Å². The molecule has 0 aromatic carbocycles. The molecule has 0 radical (unpaired) electrons. The van der Waals surface area contributed by atoms with E-state index in [1.54, 1.807) is 10.7 Å². The smallest absolute Gasteiger partial charge is 0.170 e. The number of aromatic nitrogens is 2. The predicted octanol–water partition coefficient (Wildman–Crippen LogP) is 1.49. The Kier molecular flexibility index (Phi) is 2.21. The van der Waals surface area contributed by atoms with Gasteiger partial charge in [0, 0.05) is 11.9 Å². The van der Waals surface area contributed by atoms with Crippen LogP contribution in [0, 0.1) is 6.92 Å². The number of carbonyl (C=O) groups is 1. The van der Waals surface area contributed by atoms with Gasteiger partial charge in [-0.3, -0.25) is 4.79 Å². The highest BCUT2D eigenvalue weighted by atomic mass is 16.1. The van der Waals surface area contributed by atoms with Crippen LogP contribution in [0.2, 0.25) is 0 Å². The molecule has 58 valence electrons. The maximum Gasteiger partial charge on any atom is 0.170 e. The molecule has 1 aromatic heterocycles. The topological polar surface area (TPSA) is 34.9 Å². The summed E-state index contributed by atoms with van der Waals surface area (Å²) in [6.45, 7) is 3.81. The normalized spacial score (nSPS) is 10.7. The van der Waals surface area contributed by atoms with E-state index in [1.807, 2.05) is 26.1 Å². The van der Waals surface area contributed by atoms with E-state index in [9.17, 15) is 4.79 Å². The van der Waals surface area contributed by atoms with Crippen LogP contribution in [-0.2, 0) is 0 Å². The summed E-state index contributed by atoms with van der Waals surface area (Å²) < 4.78 is 1.67. The summed E-state index contributed by atoms with van der Waals surface area (Å²) in [6.07, 6.45) is 4.42. The SMILES string of the molecule is C/C=C\n1nc(C=O)cc1C. The Bertz CT molecular complexity index is 286. The molecule has 1 heterocycles. The largest absolute Gasteiger partial charge is 0.296 e. The lowest BCUT2D eigenvalue weighted by atomic mass is 10.4. The minimum Gasteiger partial charge on any atom is -0.296 e. The third-order valence-electron chi connectivity index (χ3n) is 1.35. The summed E-state index contributed by atoms with van der Waals surface area (Å²) in [6, 6.07) is 1.74. The number of hydrogen-bond acceptors (Lipinski definition) is 2. The number of carbonyl (C=O) groups excluding carboxylic acids is 1. The van der Waals surface area contributed by atoms with Gasteiger partial charge in [-0.05, 0) is 19.9 Å². The molecule has 0 atom stereocenters. The van der Waals surface area contributed by atoms with Crippen LogP contribution in [0.25, 0.3) is 6.20 Å². The van der Waals surface area contributed by atoms with Gasteiger partial charge in [0.15, 0.2) is 6.29 Å². The Morgan fingerprint density at radius 3 is 2.82 bits per heavy atom. The van der Waals surface area contributed by atoms with Gasteiger partial charge in [-0.25, -0.2) is 4.68 Å². The first-order valence-corrected chi connectivity index (χ1v) is 3.42. The van der Waals surface area contributed by atoms with Crippen LogP contribution in [0.1, 0.15) is 23.1 Å². The van der Waals surface area contributed by atoms with Crippen LogP contribution in [0.15, 0.2) is 12.1 Å². The standard InChI is InChI=1S/C8H10N2O/c1-3-4-10-7(2)5-8(6-11)9-10/h3-6H,1-2H3/b4-3-. The first-order valence-electron chi connectivity index (χ1n) is 3.42. The monoisotopic (exact) mass is 150 g/mol. The fourth-order valence-electron chi connectivity index (χ4n) is 0.862. The summed E-state index contributed by atoms with van der Waals surface area (Å²) in [4.78, 5) is 10.3. The van der Waals surface area contributed by atoms with Crippen molar-refractivity contribution in [3.05, 3.63) is 23.5 Å². The second kappa shape index (κ2) is 3.14. The van der Waals surface area contributed by atoms with E-state index >= 15 is 0 Å². The van der Waals surface area contributed by atoms with Gasteiger partial charge < -0.3 is 0 Å². The number of allylic oxidation sites excluding steroid dienone is 1. The summed E-state index contributed by atoms with van der Waals surface area (Å²) in [5.74, 6) is 0. The van der Waals surface area contributed by atoms with E-state index in [4.69, 9.17) is 0 Å². The lowest BCUT2D eigenvalue weighted by Gasteiger charge is -1.91. The van der Waals surface area contributed by atoms with E-state index in [1.165, 1.54) is 0 Å². The zero-order valence-electron chi connectivity index (χ0n) is 6.61. The molecular weight excluding hydrogens is 140 g/mol. The lowest BCUT2D eigenvalue weighted by molar-refractivity contribution is 0.111. The van der Waals surface area contributed by atoms with Gasteiger partial charge in [0.1, 0.15) is 5.69 Å². The van der Waals surface area contributed by atoms with Crippen molar-refractivity contribution in [1.82, 2.24) is 9.78 Å². The van der Waals surface area contributed by atoms with Crippen molar-refractivity contribution in [2.75, 3.05) is 0 Å². The van der Waals surface area contributed by atoms with Gasteiger partial charge in [-0.2, -0.15) is 5.10 Å². The molecule has 0 fully saturated rings. The predicted molar refractivity (Wildman–Crippen MR) is 43.4 cm³/mol. The molecule has 3 heteroatoms. The molecule has 1 rings (SSSR count). The van der Waals surface area contributed by atoms with Crippen LogP contribution in [0.3, 0.4) is 0 Å². The Labute approximate surface area is 65.3 Å². The maximum atomic E-state index is 10.3. The zero-order valence-corrected chi connectivity index (χ0v) is 6.61. The molecule has 0 saturated heterocycles. The van der Waals surface area contributed by atoms with E-state index in [-0.39, 0.29) is 0 Å². The summed E-state index contributed by atoms with van der Waals surface area (Å²) in [5.41, 5.74) is 1.44. The van der Waals surface area contributed by atoms with Crippen LogP contribution in [0.4, 0.5) is 0 Å². The minimum atomic E-state index is 0.473. The lowest BCUT2D eigenvalue weighted by Crippen LogP contribution is -1.91. The van der Waals surface area contributed by atoms with Gasteiger partial charge in [-0.1, -0.05) is 6.08 Å². The van der Waals surface area contributed by atoms with Crippen molar-refractivity contribution in [2.24, 2.45) is 0 Å². The Morgan fingerprint density at radius 1 is 1.64 bits per heavy atom. The Hall–Kier alpha value is -1.38. The van der Waals surface area contributed by atoms with Crippen LogP contribution >= 0.6 is 0 Å². The highest BCUT2D eigenvalue weighted by Crippen LogP contribution is 2.00. The summed E-state index contributed by atoms with van der Waals surface area (Å²) in [5, 5.41) is 3.98. The van der Waals surface area contributed by atoms with Crippen molar-refractivity contribution in [3.8, 4) is 0 Å². The van der Waals surface area contributed by atoms with Crippen LogP contribution in [0.5, 0.6) is 0 Å². The molecule has 0 spiro atoms. The average molecular weight is 150 g/mol. The second-order valence-corrected chi connectivity index (χ2v) is 2.26. The maximum absolute atomic E-state index is 10.3. The molecule has 11 heavy (non-hydrogen) atoms. The third-order valence-corrected chi connectivity index (χ3v) is 1.35. The number of aryl methyl sites for hydroxylation is 1. The first kappa shape index (κ1) is 7.72. The molecule has 0 N–H and O–H groups in total. The number of rotatable bonds is 2. The van der Waals surface area contributed by atoms with E-state index in [2.05, 4.69) is 5.10 Å². The molecule has 0 aliphatic rings. The molecule has 0 aliphatic carbocycles. The summed E-state index contributed by atoms with van der Waals surface area (Å²) in [7, 11) is 0.